The van der Waals surface area contributed by atoms with Gasteiger partial charge in [-0.1, -0.05) is 11.6 Å². The minimum atomic E-state index is -0.597. The van der Waals surface area contributed by atoms with Crippen LogP contribution in [-0.4, -0.2) is 18.9 Å². The number of hydrogen-bond donors (Lipinski definition) is 0. The zero-order chi connectivity index (χ0) is 16.6. The highest BCUT2D eigenvalue weighted by atomic mass is 35.5. The number of aromatic nitrogens is 3. The maximum absolute atomic E-state index is 12.1. The molecule has 116 valence electrons. The molecular formula is C14H9ClN4O4. The van der Waals surface area contributed by atoms with Gasteiger partial charge in [0.25, 0.3) is 16.8 Å². The summed E-state index contributed by atoms with van der Waals surface area (Å²) in [5.41, 5.74) is -0.302. The number of nitro groups is 1. The van der Waals surface area contributed by atoms with E-state index >= 15 is 0 Å². The van der Waals surface area contributed by atoms with Crippen LogP contribution in [0.5, 0.6) is 0 Å². The Labute approximate surface area is 133 Å². The molecule has 0 bridgehead atoms. The Balaban J connectivity index is 2.07. The lowest BCUT2D eigenvalue weighted by Gasteiger charge is -2.06. The first-order valence-corrected chi connectivity index (χ1v) is 6.84. The van der Waals surface area contributed by atoms with E-state index < -0.39 is 10.5 Å². The number of rotatable bonds is 3. The van der Waals surface area contributed by atoms with Gasteiger partial charge in [-0.25, -0.2) is 4.98 Å². The van der Waals surface area contributed by atoms with Gasteiger partial charge in [-0.05, 0) is 12.1 Å². The van der Waals surface area contributed by atoms with E-state index in [-0.39, 0.29) is 17.8 Å². The molecule has 0 atom stereocenters. The molecule has 9 heteroatoms. The first-order valence-electron chi connectivity index (χ1n) is 6.47. The predicted molar refractivity (Wildman–Crippen MR) is 82.9 cm³/mol. The molecule has 3 aromatic rings. The Kier molecular flexibility index (Phi) is 3.67. The fraction of sp³-hybridized carbons (Fsp3) is 0.0714. The second-order valence-corrected chi connectivity index (χ2v) is 5.21. The van der Waals surface area contributed by atoms with Crippen LogP contribution in [0, 0.1) is 10.1 Å². The Bertz CT molecular complexity index is 1040. The average molecular weight is 333 g/mol. The Hall–Kier alpha value is -3.00. The van der Waals surface area contributed by atoms with Gasteiger partial charge in [-0.2, -0.15) is 0 Å². The van der Waals surface area contributed by atoms with Gasteiger partial charge in [-0.15, -0.1) is 0 Å². The number of hydrogen-bond acceptors (Lipinski definition) is 5. The molecule has 23 heavy (non-hydrogen) atoms. The highest BCUT2D eigenvalue weighted by molar-refractivity contribution is 6.30. The molecule has 3 heterocycles. The highest BCUT2D eigenvalue weighted by Gasteiger charge is 2.10. The minimum Gasteiger partial charge on any atom is -0.303 e. The quantitative estimate of drug-likeness (QED) is 0.534. The summed E-state index contributed by atoms with van der Waals surface area (Å²) >= 11 is 5.83. The second kappa shape index (κ2) is 5.65. The SMILES string of the molecule is O=c1ccc([N+](=O)[O-])cn1Cc1cc(=O)n2cc(Cl)ccc2n1. The minimum absolute atomic E-state index is 0.0467. The Morgan fingerprint density at radius 2 is 1.91 bits per heavy atom. The zero-order valence-corrected chi connectivity index (χ0v) is 12.3. The normalized spacial score (nSPS) is 10.8. The van der Waals surface area contributed by atoms with E-state index in [2.05, 4.69) is 4.98 Å². The summed E-state index contributed by atoms with van der Waals surface area (Å²) in [6.45, 7) is -0.0467. The van der Waals surface area contributed by atoms with Crippen molar-refractivity contribution in [1.82, 2.24) is 14.0 Å². The van der Waals surface area contributed by atoms with Crippen molar-refractivity contribution in [3.8, 4) is 0 Å². The molecule has 0 saturated heterocycles. The summed E-state index contributed by atoms with van der Waals surface area (Å²) in [5, 5.41) is 11.2. The number of halogens is 1. The standard InChI is InChI=1S/C14H9ClN4O4/c15-9-1-3-12-16-10(5-14(21)18(12)6-9)7-17-8-11(19(22)23)2-4-13(17)20/h1-6,8H,7H2. The smallest absolute Gasteiger partial charge is 0.285 e. The molecule has 0 fully saturated rings. The van der Waals surface area contributed by atoms with E-state index in [1.54, 1.807) is 12.1 Å². The molecule has 0 aliphatic heterocycles. The first-order chi connectivity index (χ1) is 10.9. The van der Waals surface area contributed by atoms with Crippen molar-refractivity contribution in [1.29, 1.82) is 0 Å². The van der Waals surface area contributed by atoms with Crippen LogP contribution in [0.1, 0.15) is 5.69 Å². The summed E-state index contributed by atoms with van der Waals surface area (Å²) in [6, 6.07) is 6.65. The van der Waals surface area contributed by atoms with Gasteiger partial charge in [-0.3, -0.25) is 24.1 Å². The van der Waals surface area contributed by atoms with Crippen LogP contribution < -0.4 is 11.1 Å². The third-order valence-corrected chi connectivity index (χ3v) is 3.41. The maximum Gasteiger partial charge on any atom is 0.285 e. The van der Waals surface area contributed by atoms with Crippen LogP contribution in [0.2, 0.25) is 5.02 Å². The molecule has 3 rings (SSSR count). The largest absolute Gasteiger partial charge is 0.303 e. The number of fused-ring (bicyclic) bond motifs is 1. The van der Waals surface area contributed by atoms with Gasteiger partial charge in [0.1, 0.15) is 5.65 Å². The summed E-state index contributed by atoms with van der Waals surface area (Å²) in [4.78, 5) is 38.3. The fourth-order valence-corrected chi connectivity index (χ4v) is 2.29. The second-order valence-electron chi connectivity index (χ2n) is 4.77. The molecule has 3 aromatic heterocycles. The van der Waals surface area contributed by atoms with Crippen LogP contribution in [0.15, 0.2) is 52.3 Å². The van der Waals surface area contributed by atoms with Crippen LogP contribution in [0.4, 0.5) is 5.69 Å². The van der Waals surface area contributed by atoms with E-state index in [0.29, 0.717) is 16.4 Å². The van der Waals surface area contributed by atoms with Crippen molar-refractivity contribution in [2.45, 2.75) is 6.54 Å². The van der Waals surface area contributed by atoms with Crippen molar-refractivity contribution in [2.24, 2.45) is 0 Å². The van der Waals surface area contributed by atoms with Crippen molar-refractivity contribution in [3.05, 3.63) is 84.3 Å². The fourth-order valence-electron chi connectivity index (χ4n) is 2.13. The van der Waals surface area contributed by atoms with E-state index in [1.165, 1.54) is 16.7 Å². The average Bonchev–Trinajstić information content (AvgIpc) is 2.50. The molecule has 0 radical (unpaired) electrons. The first kappa shape index (κ1) is 14.9. The van der Waals surface area contributed by atoms with Crippen molar-refractivity contribution in [3.63, 3.8) is 0 Å². The van der Waals surface area contributed by atoms with Gasteiger partial charge in [0.2, 0.25) is 0 Å². The lowest BCUT2D eigenvalue weighted by molar-refractivity contribution is -0.385. The zero-order valence-electron chi connectivity index (χ0n) is 11.5. The van der Waals surface area contributed by atoms with Gasteiger partial charge < -0.3 is 4.57 Å². The van der Waals surface area contributed by atoms with E-state index in [9.17, 15) is 19.7 Å². The molecule has 0 unspecified atom stereocenters. The van der Waals surface area contributed by atoms with Crippen LogP contribution in [0.25, 0.3) is 5.65 Å². The molecule has 0 aliphatic carbocycles. The van der Waals surface area contributed by atoms with Gasteiger partial charge in [0.15, 0.2) is 0 Å². The molecule has 0 spiro atoms. The third kappa shape index (κ3) is 2.97. The Morgan fingerprint density at radius 3 is 2.65 bits per heavy atom. The predicted octanol–water partition coefficient (Wildman–Crippen LogP) is 1.47. The van der Waals surface area contributed by atoms with Gasteiger partial charge in [0, 0.05) is 24.4 Å². The maximum atomic E-state index is 12.1. The van der Waals surface area contributed by atoms with E-state index in [1.807, 2.05) is 0 Å². The van der Waals surface area contributed by atoms with Gasteiger partial charge >= 0.3 is 0 Å². The monoisotopic (exact) mass is 332 g/mol. The van der Waals surface area contributed by atoms with Crippen molar-refractivity contribution < 1.29 is 4.92 Å². The summed E-state index contributed by atoms with van der Waals surface area (Å²) < 4.78 is 2.41. The molecular weight excluding hydrogens is 324 g/mol. The highest BCUT2D eigenvalue weighted by Crippen LogP contribution is 2.10. The number of nitrogens with zero attached hydrogens (tertiary/aromatic N) is 4. The molecule has 0 amide bonds. The summed E-state index contributed by atoms with van der Waals surface area (Å²) in [5.74, 6) is 0. The Morgan fingerprint density at radius 1 is 1.13 bits per heavy atom. The lowest BCUT2D eigenvalue weighted by Crippen LogP contribution is -2.22. The molecule has 0 saturated carbocycles. The molecule has 0 aliphatic rings. The molecule has 0 N–H and O–H groups in total. The summed E-state index contributed by atoms with van der Waals surface area (Å²) in [6.07, 6.45) is 2.56. The molecule has 0 aromatic carbocycles. The van der Waals surface area contributed by atoms with E-state index in [4.69, 9.17) is 11.6 Å². The van der Waals surface area contributed by atoms with Crippen molar-refractivity contribution in [2.75, 3.05) is 0 Å². The van der Waals surface area contributed by atoms with E-state index in [0.717, 1.165) is 22.9 Å². The van der Waals surface area contributed by atoms with Crippen LogP contribution >= 0.6 is 11.6 Å². The van der Waals surface area contributed by atoms with Gasteiger partial charge in [0.05, 0.1) is 28.4 Å². The molecule has 8 nitrogen and oxygen atoms in total. The lowest BCUT2D eigenvalue weighted by atomic mass is 10.3. The van der Waals surface area contributed by atoms with Crippen LogP contribution in [-0.2, 0) is 6.54 Å². The van der Waals surface area contributed by atoms with Crippen molar-refractivity contribution >= 4 is 22.9 Å². The van der Waals surface area contributed by atoms with Crippen LogP contribution in [0.3, 0.4) is 0 Å². The topological polar surface area (TPSA) is 99.5 Å². The summed E-state index contributed by atoms with van der Waals surface area (Å²) in [7, 11) is 0. The number of pyridine rings is 2. The third-order valence-electron chi connectivity index (χ3n) is 3.19.